The maximum Gasteiger partial charge on any atom is 0.142 e. The quantitative estimate of drug-likeness (QED) is 0.827. The Bertz CT molecular complexity index is 426. The Balaban J connectivity index is 2.37. The molecule has 78 valence electrons. The molecule has 0 aliphatic rings. The largest absolute Gasteiger partial charge is 0.495 e. The molecule has 2 aromatic heterocycles. The van der Waals surface area contributed by atoms with Crippen molar-refractivity contribution >= 4 is 0 Å². The molecule has 1 unspecified atom stereocenters. The highest BCUT2D eigenvalue weighted by atomic mass is 16.5. The standard InChI is InChI=1S/C11H12N2O2/c1-14-9-3-2-5-13-11(9)10(12)8-4-6-15-7-8/h2-7,10H,12H2,1H3. The summed E-state index contributed by atoms with van der Waals surface area (Å²) >= 11 is 0. The van der Waals surface area contributed by atoms with E-state index in [0.29, 0.717) is 11.4 Å². The Morgan fingerprint density at radius 2 is 2.33 bits per heavy atom. The van der Waals surface area contributed by atoms with Gasteiger partial charge in [-0.2, -0.15) is 0 Å². The molecule has 4 nitrogen and oxygen atoms in total. The van der Waals surface area contributed by atoms with Crippen molar-refractivity contribution in [1.29, 1.82) is 0 Å². The second-order valence-corrected chi connectivity index (χ2v) is 3.13. The van der Waals surface area contributed by atoms with Crippen LogP contribution in [0.1, 0.15) is 17.3 Å². The number of methoxy groups -OCH3 is 1. The number of rotatable bonds is 3. The first-order valence-electron chi connectivity index (χ1n) is 4.59. The Labute approximate surface area is 87.7 Å². The minimum Gasteiger partial charge on any atom is -0.495 e. The summed E-state index contributed by atoms with van der Waals surface area (Å²) in [6.07, 6.45) is 4.89. The molecule has 1 atom stereocenters. The Morgan fingerprint density at radius 3 is 3.00 bits per heavy atom. The lowest BCUT2D eigenvalue weighted by atomic mass is 10.1. The molecule has 2 rings (SSSR count). The van der Waals surface area contributed by atoms with E-state index >= 15 is 0 Å². The summed E-state index contributed by atoms with van der Waals surface area (Å²) in [6, 6.07) is 5.14. The fourth-order valence-electron chi connectivity index (χ4n) is 1.42. The number of hydrogen-bond acceptors (Lipinski definition) is 4. The van der Waals surface area contributed by atoms with Gasteiger partial charge in [-0.15, -0.1) is 0 Å². The summed E-state index contributed by atoms with van der Waals surface area (Å²) in [5.41, 5.74) is 7.63. The first-order valence-corrected chi connectivity index (χ1v) is 4.59. The number of ether oxygens (including phenoxy) is 1. The second-order valence-electron chi connectivity index (χ2n) is 3.13. The van der Waals surface area contributed by atoms with Gasteiger partial charge >= 0.3 is 0 Å². The summed E-state index contributed by atoms with van der Waals surface area (Å²) in [5, 5.41) is 0. The monoisotopic (exact) mass is 204 g/mol. The number of nitrogens with two attached hydrogens (primary N) is 1. The van der Waals surface area contributed by atoms with Gasteiger partial charge in [-0.3, -0.25) is 4.98 Å². The Morgan fingerprint density at radius 1 is 1.47 bits per heavy atom. The molecule has 2 heterocycles. The highest BCUT2D eigenvalue weighted by Gasteiger charge is 2.15. The van der Waals surface area contributed by atoms with Crippen LogP contribution in [0.5, 0.6) is 5.75 Å². The van der Waals surface area contributed by atoms with Gasteiger partial charge in [0.25, 0.3) is 0 Å². The van der Waals surface area contributed by atoms with Crippen molar-refractivity contribution in [1.82, 2.24) is 4.98 Å². The van der Waals surface area contributed by atoms with Crippen molar-refractivity contribution in [3.63, 3.8) is 0 Å². The summed E-state index contributed by atoms with van der Waals surface area (Å²) < 4.78 is 10.2. The molecule has 0 bridgehead atoms. The molecule has 0 saturated heterocycles. The third-order valence-corrected chi connectivity index (χ3v) is 2.22. The molecular formula is C11H12N2O2. The van der Waals surface area contributed by atoms with Gasteiger partial charge < -0.3 is 14.9 Å². The predicted octanol–water partition coefficient (Wildman–Crippen LogP) is 1.73. The highest BCUT2D eigenvalue weighted by molar-refractivity contribution is 5.34. The first kappa shape index (κ1) is 9.73. The summed E-state index contributed by atoms with van der Waals surface area (Å²) in [6.45, 7) is 0. The molecule has 15 heavy (non-hydrogen) atoms. The van der Waals surface area contributed by atoms with Crippen LogP contribution in [0, 0.1) is 0 Å². The topological polar surface area (TPSA) is 61.3 Å². The van der Waals surface area contributed by atoms with E-state index in [0.717, 1.165) is 5.56 Å². The average molecular weight is 204 g/mol. The molecule has 0 amide bonds. The molecule has 0 aliphatic carbocycles. The Hall–Kier alpha value is -1.81. The summed E-state index contributed by atoms with van der Waals surface area (Å²) in [4.78, 5) is 4.21. The third-order valence-electron chi connectivity index (χ3n) is 2.22. The van der Waals surface area contributed by atoms with Crippen molar-refractivity contribution in [2.45, 2.75) is 6.04 Å². The molecular weight excluding hydrogens is 192 g/mol. The van der Waals surface area contributed by atoms with Crippen molar-refractivity contribution in [3.05, 3.63) is 48.2 Å². The van der Waals surface area contributed by atoms with Crippen LogP contribution < -0.4 is 10.5 Å². The molecule has 2 N–H and O–H groups in total. The zero-order chi connectivity index (χ0) is 10.7. The zero-order valence-electron chi connectivity index (χ0n) is 8.38. The van der Waals surface area contributed by atoms with Crippen LogP contribution in [0.2, 0.25) is 0 Å². The van der Waals surface area contributed by atoms with E-state index < -0.39 is 0 Å². The van der Waals surface area contributed by atoms with Crippen LogP contribution in [-0.4, -0.2) is 12.1 Å². The number of hydrogen-bond donors (Lipinski definition) is 1. The van der Waals surface area contributed by atoms with Gasteiger partial charge in [0, 0.05) is 11.8 Å². The van der Waals surface area contributed by atoms with Gasteiger partial charge in [0.1, 0.15) is 11.4 Å². The zero-order valence-corrected chi connectivity index (χ0v) is 8.38. The van der Waals surface area contributed by atoms with Crippen molar-refractivity contribution in [2.24, 2.45) is 5.73 Å². The van der Waals surface area contributed by atoms with E-state index in [1.165, 1.54) is 0 Å². The first-order chi connectivity index (χ1) is 7.33. The molecule has 0 aliphatic heterocycles. The van der Waals surface area contributed by atoms with Gasteiger partial charge in [-0.25, -0.2) is 0 Å². The van der Waals surface area contributed by atoms with Gasteiger partial charge in [0.2, 0.25) is 0 Å². The summed E-state index contributed by atoms with van der Waals surface area (Å²) in [5.74, 6) is 0.686. The van der Waals surface area contributed by atoms with Crippen molar-refractivity contribution in [3.8, 4) is 5.75 Å². The number of pyridine rings is 1. The molecule has 4 heteroatoms. The normalized spacial score (nSPS) is 12.4. The molecule has 0 saturated carbocycles. The van der Waals surface area contributed by atoms with Crippen molar-refractivity contribution < 1.29 is 9.15 Å². The van der Waals surface area contributed by atoms with E-state index in [4.69, 9.17) is 14.9 Å². The van der Waals surface area contributed by atoms with Crippen LogP contribution in [0.15, 0.2) is 41.3 Å². The van der Waals surface area contributed by atoms with Gasteiger partial charge in [-0.1, -0.05) is 0 Å². The number of nitrogens with zero attached hydrogens (tertiary/aromatic N) is 1. The third kappa shape index (κ3) is 1.85. The minimum atomic E-state index is -0.320. The smallest absolute Gasteiger partial charge is 0.142 e. The van der Waals surface area contributed by atoms with Gasteiger partial charge in [0.05, 0.1) is 25.7 Å². The van der Waals surface area contributed by atoms with E-state index in [1.54, 1.807) is 25.8 Å². The maximum absolute atomic E-state index is 6.03. The Kier molecular flexibility index (Phi) is 2.69. The lowest BCUT2D eigenvalue weighted by Gasteiger charge is -2.12. The van der Waals surface area contributed by atoms with E-state index in [-0.39, 0.29) is 6.04 Å². The van der Waals surface area contributed by atoms with Crippen LogP contribution in [0.3, 0.4) is 0 Å². The van der Waals surface area contributed by atoms with Crippen molar-refractivity contribution in [2.75, 3.05) is 7.11 Å². The molecule has 0 fully saturated rings. The second kappa shape index (κ2) is 4.14. The van der Waals surface area contributed by atoms with Crippen LogP contribution in [0.25, 0.3) is 0 Å². The summed E-state index contributed by atoms with van der Waals surface area (Å²) in [7, 11) is 1.60. The SMILES string of the molecule is COc1cccnc1C(N)c1ccoc1. The lowest BCUT2D eigenvalue weighted by molar-refractivity contribution is 0.404. The highest BCUT2D eigenvalue weighted by Crippen LogP contribution is 2.25. The van der Waals surface area contributed by atoms with Crippen LogP contribution >= 0.6 is 0 Å². The molecule has 0 spiro atoms. The predicted molar refractivity (Wildman–Crippen MR) is 55.5 cm³/mol. The fraction of sp³-hybridized carbons (Fsp3) is 0.182. The van der Waals surface area contributed by atoms with E-state index in [2.05, 4.69) is 4.98 Å². The van der Waals surface area contributed by atoms with E-state index in [9.17, 15) is 0 Å². The maximum atomic E-state index is 6.03. The molecule has 0 radical (unpaired) electrons. The number of furan rings is 1. The minimum absolute atomic E-state index is 0.320. The van der Waals surface area contributed by atoms with E-state index in [1.807, 2.05) is 18.2 Å². The molecule has 2 aromatic rings. The van der Waals surface area contributed by atoms with Gasteiger partial charge in [-0.05, 0) is 18.2 Å². The lowest BCUT2D eigenvalue weighted by Crippen LogP contribution is -2.13. The van der Waals surface area contributed by atoms with Crippen LogP contribution in [0.4, 0.5) is 0 Å². The van der Waals surface area contributed by atoms with Crippen LogP contribution in [-0.2, 0) is 0 Å². The fourth-order valence-corrected chi connectivity index (χ4v) is 1.42. The van der Waals surface area contributed by atoms with Gasteiger partial charge in [0.15, 0.2) is 0 Å². The average Bonchev–Trinajstić information content (AvgIpc) is 2.81. The number of aromatic nitrogens is 1. The molecule has 0 aromatic carbocycles.